The molecule has 5 nitrogen and oxygen atoms in total. The molecule has 0 aliphatic rings. The minimum absolute atomic E-state index is 0.678. The lowest BCUT2D eigenvalue weighted by atomic mass is 10.4. The molecule has 16 heavy (non-hydrogen) atoms. The fourth-order valence-electron chi connectivity index (χ4n) is 1.32. The Morgan fingerprint density at radius 2 is 1.56 bits per heavy atom. The smallest absolute Gasteiger partial charge is 0.125 e. The Morgan fingerprint density at radius 3 is 2.00 bits per heavy atom. The normalized spacial score (nSPS) is 10.4. The van der Waals surface area contributed by atoms with Gasteiger partial charge in [0.25, 0.3) is 0 Å². The van der Waals surface area contributed by atoms with E-state index in [1.807, 2.05) is 19.3 Å². The van der Waals surface area contributed by atoms with Gasteiger partial charge in [-0.15, -0.1) is 0 Å². The molecule has 0 unspecified atom stereocenters. The summed E-state index contributed by atoms with van der Waals surface area (Å²) >= 11 is 0. The average Bonchev–Trinajstić information content (AvgIpc) is 2.31. The zero-order valence-corrected chi connectivity index (χ0v) is 10.1. The molecular formula is C11H19N3O2. The molecule has 0 saturated heterocycles. The van der Waals surface area contributed by atoms with Gasteiger partial charge in [0.15, 0.2) is 0 Å². The molecule has 5 heteroatoms. The van der Waals surface area contributed by atoms with E-state index in [0.717, 1.165) is 24.6 Å². The summed E-state index contributed by atoms with van der Waals surface area (Å²) in [5.74, 6) is 0.780. The van der Waals surface area contributed by atoms with Gasteiger partial charge in [-0.3, -0.25) is 0 Å². The minimum atomic E-state index is 0.678. The number of methoxy groups -OCH3 is 2. The van der Waals surface area contributed by atoms with Gasteiger partial charge >= 0.3 is 0 Å². The molecule has 1 heterocycles. The van der Waals surface area contributed by atoms with Crippen LogP contribution < -0.4 is 4.90 Å². The van der Waals surface area contributed by atoms with Gasteiger partial charge in [-0.1, -0.05) is 0 Å². The van der Waals surface area contributed by atoms with E-state index < -0.39 is 0 Å². The lowest BCUT2D eigenvalue weighted by molar-refractivity contribution is 0.190. The van der Waals surface area contributed by atoms with Crippen molar-refractivity contribution in [3.63, 3.8) is 0 Å². The predicted molar refractivity (Wildman–Crippen MR) is 62.7 cm³/mol. The number of aromatic nitrogens is 2. The molecule has 0 bridgehead atoms. The van der Waals surface area contributed by atoms with Crippen LogP contribution in [-0.4, -0.2) is 50.5 Å². The SMILES string of the molecule is COCCN(CCOC)c1cnc(C)nc1. The molecule has 0 aliphatic carbocycles. The Morgan fingerprint density at radius 1 is 1.06 bits per heavy atom. The zero-order valence-electron chi connectivity index (χ0n) is 10.1. The van der Waals surface area contributed by atoms with Crippen molar-refractivity contribution in [2.24, 2.45) is 0 Å². The standard InChI is InChI=1S/C11H19N3O2/c1-10-12-8-11(9-13-10)14(4-6-15-2)5-7-16-3/h8-9H,4-7H2,1-3H3. The van der Waals surface area contributed by atoms with Gasteiger partial charge in [-0.25, -0.2) is 9.97 Å². The van der Waals surface area contributed by atoms with Crippen LogP contribution in [-0.2, 0) is 9.47 Å². The van der Waals surface area contributed by atoms with Crippen LogP contribution in [0.1, 0.15) is 5.82 Å². The van der Waals surface area contributed by atoms with Crippen molar-refractivity contribution in [2.75, 3.05) is 45.4 Å². The summed E-state index contributed by atoms with van der Waals surface area (Å²) in [6.45, 7) is 4.85. The lowest BCUT2D eigenvalue weighted by Crippen LogP contribution is -2.30. The Balaban J connectivity index is 2.62. The summed E-state index contributed by atoms with van der Waals surface area (Å²) < 4.78 is 10.1. The van der Waals surface area contributed by atoms with E-state index in [1.165, 1.54) is 0 Å². The molecule has 0 fully saturated rings. The summed E-state index contributed by atoms with van der Waals surface area (Å²) in [5.41, 5.74) is 1.000. The Hall–Kier alpha value is -1.20. The van der Waals surface area contributed by atoms with Gasteiger partial charge in [0, 0.05) is 27.3 Å². The molecule has 1 aromatic heterocycles. The zero-order chi connectivity index (χ0) is 11.8. The quantitative estimate of drug-likeness (QED) is 0.689. The van der Waals surface area contributed by atoms with E-state index >= 15 is 0 Å². The van der Waals surface area contributed by atoms with Crippen LogP contribution in [0.2, 0.25) is 0 Å². The number of hydrogen-bond acceptors (Lipinski definition) is 5. The van der Waals surface area contributed by atoms with Gasteiger partial charge in [-0.05, 0) is 6.92 Å². The van der Waals surface area contributed by atoms with Crippen LogP contribution in [0.4, 0.5) is 5.69 Å². The average molecular weight is 225 g/mol. The molecule has 0 saturated carbocycles. The molecule has 0 spiro atoms. The van der Waals surface area contributed by atoms with Crippen molar-refractivity contribution in [2.45, 2.75) is 6.92 Å². The van der Waals surface area contributed by atoms with E-state index in [1.54, 1.807) is 14.2 Å². The molecule has 0 aliphatic heterocycles. The highest BCUT2D eigenvalue weighted by atomic mass is 16.5. The predicted octanol–water partition coefficient (Wildman–Crippen LogP) is 0.884. The van der Waals surface area contributed by atoms with E-state index in [4.69, 9.17) is 9.47 Å². The van der Waals surface area contributed by atoms with Crippen LogP contribution in [0.25, 0.3) is 0 Å². The second kappa shape index (κ2) is 7.14. The molecule has 0 radical (unpaired) electrons. The molecule has 0 amide bonds. The van der Waals surface area contributed by atoms with Crippen LogP contribution in [0.3, 0.4) is 0 Å². The largest absolute Gasteiger partial charge is 0.383 e. The maximum Gasteiger partial charge on any atom is 0.125 e. The number of nitrogens with zero attached hydrogens (tertiary/aromatic N) is 3. The molecule has 1 rings (SSSR count). The van der Waals surface area contributed by atoms with E-state index in [0.29, 0.717) is 13.2 Å². The fraction of sp³-hybridized carbons (Fsp3) is 0.636. The van der Waals surface area contributed by atoms with Crippen molar-refractivity contribution in [1.29, 1.82) is 0 Å². The molecule has 0 atom stereocenters. The van der Waals surface area contributed by atoms with Crippen molar-refractivity contribution in [3.05, 3.63) is 18.2 Å². The van der Waals surface area contributed by atoms with Crippen molar-refractivity contribution in [1.82, 2.24) is 9.97 Å². The highest BCUT2D eigenvalue weighted by Gasteiger charge is 2.06. The highest BCUT2D eigenvalue weighted by molar-refractivity contribution is 5.41. The monoisotopic (exact) mass is 225 g/mol. The number of ether oxygens (including phenoxy) is 2. The molecule has 0 aromatic carbocycles. The van der Waals surface area contributed by atoms with Crippen LogP contribution in [0.15, 0.2) is 12.4 Å². The first-order valence-corrected chi connectivity index (χ1v) is 5.29. The van der Waals surface area contributed by atoms with E-state index in [-0.39, 0.29) is 0 Å². The van der Waals surface area contributed by atoms with Gasteiger partial charge in [0.2, 0.25) is 0 Å². The topological polar surface area (TPSA) is 47.5 Å². The first-order chi connectivity index (χ1) is 7.77. The van der Waals surface area contributed by atoms with Gasteiger partial charge in [-0.2, -0.15) is 0 Å². The van der Waals surface area contributed by atoms with Crippen molar-refractivity contribution >= 4 is 5.69 Å². The Kier molecular flexibility index (Phi) is 5.74. The maximum absolute atomic E-state index is 5.07. The Labute approximate surface area is 96.4 Å². The van der Waals surface area contributed by atoms with Gasteiger partial charge < -0.3 is 14.4 Å². The molecular weight excluding hydrogens is 206 g/mol. The van der Waals surface area contributed by atoms with Crippen molar-refractivity contribution < 1.29 is 9.47 Å². The second-order valence-electron chi connectivity index (χ2n) is 3.46. The summed E-state index contributed by atoms with van der Waals surface area (Å²) in [5, 5.41) is 0. The first kappa shape index (κ1) is 12.9. The third kappa shape index (κ3) is 4.12. The van der Waals surface area contributed by atoms with Crippen LogP contribution in [0, 0.1) is 6.92 Å². The number of anilines is 1. The van der Waals surface area contributed by atoms with Crippen LogP contribution >= 0.6 is 0 Å². The minimum Gasteiger partial charge on any atom is -0.383 e. The summed E-state index contributed by atoms with van der Waals surface area (Å²) in [4.78, 5) is 10.5. The second-order valence-corrected chi connectivity index (χ2v) is 3.46. The Bertz CT molecular complexity index is 282. The molecule has 90 valence electrons. The summed E-state index contributed by atoms with van der Waals surface area (Å²) in [6.07, 6.45) is 3.65. The highest BCUT2D eigenvalue weighted by Crippen LogP contribution is 2.10. The number of rotatable bonds is 7. The van der Waals surface area contributed by atoms with E-state index in [2.05, 4.69) is 14.9 Å². The number of aryl methyl sites for hydroxylation is 1. The lowest BCUT2D eigenvalue weighted by Gasteiger charge is -2.23. The van der Waals surface area contributed by atoms with Gasteiger partial charge in [0.1, 0.15) is 5.82 Å². The molecule has 1 aromatic rings. The third-order valence-corrected chi connectivity index (χ3v) is 2.26. The summed E-state index contributed by atoms with van der Waals surface area (Å²) in [7, 11) is 3.39. The number of hydrogen-bond donors (Lipinski definition) is 0. The third-order valence-electron chi connectivity index (χ3n) is 2.26. The van der Waals surface area contributed by atoms with Gasteiger partial charge in [0.05, 0.1) is 31.3 Å². The van der Waals surface area contributed by atoms with E-state index in [9.17, 15) is 0 Å². The van der Waals surface area contributed by atoms with Crippen molar-refractivity contribution in [3.8, 4) is 0 Å². The first-order valence-electron chi connectivity index (χ1n) is 5.29. The maximum atomic E-state index is 5.07. The van der Waals surface area contributed by atoms with Crippen LogP contribution in [0.5, 0.6) is 0 Å². The summed E-state index contributed by atoms with van der Waals surface area (Å²) in [6, 6.07) is 0. The fourth-order valence-corrected chi connectivity index (χ4v) is 1.32. The molecule has 0 N–H and O–H groups in total.